The number of hydrogen-bond acceptors (Lipinski definition) is 4. The summed E-state index contributed by atoms with van der Waals surface area (Å²) in [6, 6.07) is 23.5. The van der Waals surface area contributed by atoms with Gasteiger partial charge >= 0.3 is 5.97 Å². The molecular formula is C28H25BrN4O2S. The number of halogens is 1. The normalized spacial score (nSPS) is 17.2. The molecule has 2 aromatic carbocycles. The monoisotopic (exact) mass is 560 g/mol. The molecule has 2 aromatic heterocycles. The number of rotatable bonds is 5. The predicted octanol–water partition coefficient (Wildman–Crippen LogP) is 6.22. The van der Waals surface area contributed by atoms with Crippen LogP contribution >= 0.6 is 28.1 Å². The molecule has 8 heteroatoms. The Balaban J connectivity index is 1.66. The van der Waals surface area contributed by atoms with Crippen molar-refractivity contribution in [3.8, 4) is 5.69 Å². The molecule has 1 N–H and O–H groups in total. The van der Waals surface area contributed by atoms with Gasteiger partial charge in [-0.2, -0.15) is 0 Å². The van der Waals surface area contributed by atoms with Crippen LogP contribution in [0.1, 0.15) is 45.1 Å². The van der Waals surface area contributed by atoms with Crippen molar-refractivity contribution in [2.24, 2.45) is 0 Å². The number of hydrogen-bond donors (Lipinski definition) is 1. The summed E-state index contributed by atoms with van der Waals surface area (Å²) < 4.78 is 8.10. The average molecular weight is 562 g/mol. The molecule has 36 heavy (non-hydrogen) atoms. The summed E-state index contributed by atoms with van der Waals surface area (Å²) >= 11 is 9.40. The Labute approximate surface area is 224 Å². The number of benzene rings is 2. The van der Waals surface area contributed by atoms with Crippen LogP contribution in [-0.4, -0.2) is 27.7 Å². The van der Waals surface area contributed by atoms with Crippen LogP contribution in [0.25, 0.3) is 5.69 Å². The molecule has 0 spiro atoms. The van der Waals surface area contributed by atoms with Crippen LogP contribution in [-0.2, 0) is 4.74 Å². The third-order valence-electron chi connectivity index (χ3n) is 6.52. The molecule has 0 aliphatic carbocycles. The summed E-state index contributed by atoms with van der Waals surface area (Å²) in [4.78, 5) is 19.0. The third-order valence-corrected chi connectivity index (χ3v) is 7.36. The molecule has 4 aromatic rings. The van der Waals surface area contributed by atoms with Crippen LogP contribution in [0, 0.1) is 13.8 Å². The average Bonchev–Trinajstić information content (AvgIpc) is 3.39. The lowest BCUT2D eigenvalue weighted by molar-refractivity contribution is 0.0600. The van der Waals surface area contributed by atoms with Gasteiger partial charge in [0.15, 0.2) is 5.11 Å². The van der Waals surface area contributed by atoms with E-state index in [2.05, 4.69) is 67.7 Å². The molecule has 3 heterocycles. The summed E-state index contributed by atoms with van der Waals surface area (Å²) in [6.45, 7) is 4.17. The highest BCUT2D eigenvalue weighted by molar-refractivity contribution is 9.10. The van der Waals surface area contributed by atoms with Gasteiger partial charge in [0.1, 0.15) is 0 Å². The van der Waals surface area contributed by atoms with E-state index in [0.717, 1.165) is 38.5 Å². The van der Waals surface area contributed by atoms with E-state index in [1.165, 1.54) is 7.11 Å². The second kappa shape index (κ2) is 9.87. The zero-order valence-electron chi connectivity index (χ0n) is 20.1. The topological polar surface area (TPSA) is 59.4 Å². The molecule has 1 aliphatic rings. The highest BCUT2D eigenvalue weighted by Crippen LogP contribution is 2.43. The Morgan fingerprint density at radius 1 is 1.03 bits per heavy atom. The quantitative estimate of drug-likeness (QED) is 0.231. The van der Waals surface area contributed by atoms with Crippen LogP contribution in [0.2, 0.25) is 0 Å². The molecule has 0 unspecified atom stereocenters. The first-order chi connectivity index (χ1) is 17.4. The third kappa shape index (κ3) is 4.31. The van der Waals surface area contributed by atoms with Gasteiger partial charge in [-0.05, 0) is 92.3 Å². The molecule has 5 rings (SSSR count). The first-order valence-corrected chi connectivity index (χ1v) is 12.7. The fourth-order valence-electron chi connectivity index (χ4n) is 4.92. The van der Waals surface area contributed by atoms with Crippen molar-refractivity contribution in [1.29, 1.82) is 0 Å². The number of nitrogens with one attached hydrogen (secondary N) is 1. The largest absolute Gasteiger partial charge is 0.465 e. The minimum absolute atomic E-state index is 0.127. The molecule has 6 nitrogen and oxygen atoms in total. The number of carbonyl (C=O) groups is 1. The highest BCUT2D eigenvalue weighted by atomic mass is 79.9. The Hall–Kier alpha value is -3.49. The smallest absolute Gasteiger partial charge is 0.337 e. The number of carbonyl (C=O) groups excluding carboxylic acids is 1. The lowest BCUT2D eigenvalue weighted by atomic mass is 9.96. The van der Waals surface area contributed by atoms with Crippen molar-refractivity contribution >= 4 is 44.9 Å². The number of methoxy groups -OCH3 is 1. The summed E-state index contributed by atoms with van der Waals surface area (Å²) in [5.41, 5.74) is 6.57. The van der Waals surface area contributed by atoms with E-state index in [1.807, 2.05) is 48.5 Å². The maximum atomic E-state index is 12.2. The van der Waals surface area contributed by atoms with Gasteiger partial charge < -0.3 is 19.5 Å². The van der Waals surface area contributed by atoms with Gasteiger partial charge in [0.05, 0.1) is 30.5 Å². The van der Waals surface area contributed by atoms with Crippen molar-refractivity contribution in [3.05, 3.63) is 112 Å². The van der Waals surface area contributed by atoms with Crippen molar-refractivity contribution in [1.82, 2.24) is 14.9 Å². The standard InChI is InChI=1S/C28H25BrN4O2S/c1-17-15-23(18(2)32(17)22-8-6-7-19(16-22)27(34)35-3)26-25(24-9-4-5-14-30-24)31-28(36)33(26)21-12-10-20(29)11-13-21/h4-16,25-26H,1-3H3,(H,31,36)/t25-,26+/m0/s1. The van der Waals surface area contributed by atoms with Gasteiger partial charge in [-0.15, -0.1) is 0 Å². The van der Waals surface area contributed by atoms with E-state index in [-0.39, 0.29) is 18.1 Å². The Kier molecular flexibility index (Phi) is 6.64. The van der Waals surface area contributed by atoms with Crippen molar-refractivity contribution in [2.45, 2.75) is 25.9 Å². The number of pyridine rings is 1. The Morgan fingerprint density at radius 3 is 2.50 bits per heavy atom. The molecule has 0 saturated carbocycles. The molecule has 0 amide bonds. The molecule has 1 aliphatic heterocycles. The van der Waals surface area contributed by atoms with E-state index in [1.54, 1.807) is 12.3 Å². The summed E-state index contributed by atoms with van der Waals surface area (Å²) in [6.07, 6.45) is 1.81. The molecule has 0 bridgehead atoms. The first kappa shape index (κ1) is 24.2. The molecule has 0 radical (unpaired) electrons. The summed E-state index contributed by atoms with van der Waals surface area (Å²) in [5.74, 6) is -0.360. The van der Waals surface area contributed by atoms with Crippen molar-refractivity contribution in [2.75, 3.05) is 12.0 Å². The number of nitrogens with zero attached hydrogens (tertiary/aromatic N) is 3. The van der Waals surface area contributed by atoms with Crippen LogP contribution in [0.3, 0.4) is 0 Å². The van der Waals surface area contributed by atoms with E-state index in [4.69, 9.17) is 17.0 Å². The van der Waals surface area contributed by atoms with Gasteiger partial charge in [0.2, 0.25) is 0 Å². The van der Waals surface area contributed by atoms with Crippen molar-refractivity contribution < 1.29 is 9.53 Å². The van der Waals surface area contributed by atoms with E-state index in [9.17, 15) is 4.79 Å². The van der Waals surface area contributed by atoms with Crippen LogP contribution in [0.4, 0.5) is 5.69 Å². The van der Waals surface area contributed by atoms with E-state index in [0.29, 0.717) is 10.7 Å². The van der Waals surface area contributed by atoms with Crippen LogP contribution in [0.15, 0.2) is 83.5 Å². The number of esters is 1. The second-order valence-corrected chi connectivity index (χ2v) is 9.98. The number of thiocarbonyl (C=S) groups is 1. The number of aromatic nitrogens is 2. The molecule has 2 atom stereocenters. The van der Waals surface area contributed by atoms with Crippen LogP contribution < -0.4 is 10.2 Å². The number of anilines is 1. The summed E-state index contributed by atoms with van der Waals surface area (Å²) in [5, 5.41) is 4.17. The van der Waals surface area contributed by atoms with E-state index < -0.39 is 0 Å². The minimum atomic E-state index is -0.360. The first-order valence-electron chi connectivity index (χ1n) is 11.5. The lowest BCUT2D eigenvalue weighted by Crippen LogP contribution is -2.29. The zero-order valence-corrected chi connectivity index (χ0v) is 22.5. The molecular weight excluding hydrogens is 536 g/mol. The van der Waals surface area contributed by atoms with Gasteiger partial charge in [-0.1, -0.05) is 28.1 Å². The minimum Gasteiger partial charge on any atom is -0.465 e. The maximum Gasteiger partial charge on any atom is 0.337 e. The number of aryl methyl sites for hydroxylation is 1. The lowest BCUT2D eigenvalue weighted by Gasteiger charge is -2.28. The maximum absolute atomic E-state index is 12.2. The van der Waals surface area contributed by atoms with Crippen LogP contribution in [0.5, 0.6) is 0 Å². The SMILES string of the molecule is COC(=O)c1cccc(-n2c(C)cc([C@@H]3[C@H](c4ccccn4)NC(=S)N3c3ccc(Br)cc3)c2C)c1. The van der Waals surface area contributed by atoms with E-state index >= 15 is 0 Å². The van der Waals surface area contributed by atoms with Gasteiger partial charge in [-0.3, -0.25) is 4.98 Å². The zero-order chi connectivity index (χ0) is 25.4. The van der Waals surface area contributed by atoms with Gasteiger partial charge in [0, 0.05) is 33.4 Å². The fourth-order valence-corrected chi connectivity index (χ4v) is 5.54. The van der Waals surface area contributed by atoms with Crippen molar-refractivity contribution in [3.63, 3.8) is 0 Å². The van der Waals surface area contributed by atoms with Gasteiger partial charge in [0.25, 0.3) is 0 Å². The highest BCUT2D eigenvalue weighted by Gasteiger charge is 2.42. The predicted molar refractivity (Wildman–Crippen MR) is 149 cm³/mol. The molecule has 1 saturated heterocycles. The Morgan fingerprint density at radius 2 is 1.81 bits per heavy atom. The second-order valence-electron chi connectivity index (χ2n) is 8.68. The molecule has 182 valence electrons. The Bertz CT molecular complexity index is 1440. The summed E-state index contributed by atoms with van der Waals surface area (Å²) in [7, 11) is 1.39. The fraction of sp³-hybridized carbons (Fsp3) is 0.179. The number of ether oxygens (including phenoxy) is 1. The molecule has 1 fully saturated rings. The van der Waals surface area contributed by atoms with Gasteiger partial charge in [-0.25, -0.2) is 4.79 Å².